The first-order valence-corrected chi connectivity index (χ1v) is 3.23. The van der Waals surface area contributed by atoms with Crippen LogP contribution in [0.4, 0.5) is 0 Å². The van der Waals surface area contributed by atoms with Crippen LogP contribution in [0, 0.1) is 0 Å². The second kappa shape index (κ2) is 2.82. The average molecular weight is 144 g/mol. The van der Waals surface area contributed by atoms with Crippen molar-refractivity contribution < 1.29 is 9.15 Å². The highest BCUT2D eigenvalue weighted by atomic mass is 32.1. The van der Waals surface area contributed by atoms with E-state index in [1.165, 1.54) is 0 Å². The quantitative estimate of drug-likeness (QED) is 0.638. The van der Waals surface area contributed by atoms with Gasteiger partial charge in [-0.15, -0.1) is 0 Å². The van der Waals surface area contributed by atoms with Crippen LogP contribution < -0.4 is 4.74 Å². The average Bonchev–Trinajstić information content (AvgIpc) is 2.33. The van der Waals surface area contributed by atoms with Crippen molar-refractivity contribution in [3.63, 3.8) is 0 Å². The van der Waals surface area contributed by atoms with Gasteiger partial charge in [-0.2, -0.15) is 12.6 Å². The lowest BCUT2D eigenvalue weighted by atomic mass is 10.4. The lowest BCUT2D eigenvalue weighted by molar-refractivity contribution is 0.396. The Kier molecular flexibility index (Phi) is 2.05. The van der Waals surface area contributed by atoms with Gasteiger partial charge in [-0.3, -0.25) is 0 Å². The van der Waals surface area contributed by atoms with Crippen LogP contribution >= 0.6 is 12.6 Å². The van der Waals surface area contributed by atoms with E-state index in [1.54, 1.807) is 19.4 Å². The molecule has 1 rings (SSSR count). The smallest absolute Gasteiger partial charge is 0.161 e. The van der Waals surface area contributed by atoms with E-state index in [4.69, 9.17) is 9.15 Å². The van der Waals surface area contributed by atoms with Crippen LogP contribution in [0.5, 0.6) is 5.75 Å². The Morgan fingerprint density at radius 3 is 3.00 bits per heavy atom. The van der Waals surface area contributed by atoms with Crippen molar-refractivity contribution >= 4 is 12.6 Å². The van der Waals surface area contributed by atoms with E-state index >= 15 is 0 Å². The summed E-state index contributed by atoms with van der Waals surface area (Å²) in [7, 11) is 1.61. The van der Waals surface area contributed by atoms with Gasteiger partial charge >= 0.3 is 0 Å². The second-order valence-electron chi connectivity index (χ2n) is 1.57. The minimum absolute atomic E-state index is 0.580. The fourth-order valence-electron chi connectivity index (χ4n) is 0.626. The van der Waals surface area contributed by atoms with Crippen LogP contribution in [0.2, 0.25) is 0 Å². The van der Waals surface area contributed by atoms with Crippen LogP contribution in [-0.4, -0.2) is 7.11 Å². The van der Waals surface area contributed by atoms with Gasteiger partial charge in [0, 0.05) is 6.07 Å². The van der Waals surface area contributed by atoms with Crippen molar-refractivity contribution in [2.45, 2.75) is 5.75 Å². The number of furan rings is 1. The molecule has 1 aromatic heterocycles. The minimum Gasteiger partial charge on any atom is -0.493 e. The SMILES string of the molecule is COc1ccoc1CS. The minimum atomic E-state index is 0.580. The zero-order valence-corrected chi connectivity index (χ0v) is 6.02. The third-order valence-corrected chi connectivity index (χ3v) is 1.36. The van der Waals surface area contributed by atoms with E-state index in [0.717, 1.165) is 11.5 Å². The summed E-state index contributed by atoms with van der Waals surface area (Å²) in [5.74, 6) is 2.13. The van der Waals surface area contributed by atoms with Crippen molar-refractivity contribution in [2.24, 2.45) is 0 Å². The molecule has 0 unspecified atom stereocenters. The predicted octanol–water partition coefficient (Wildman–Crippen LogP) is 1.72. The Morgan fingerprint density at radius 1 is 1.78 bits per heavy atom. The molecule has 0 N–H and O–H groups in total. The summed E-state index contributed by atoms with van der Waals surface area (Å²) < 4.78 is 9.94. The molecule has 0 fully saturated rings. The van der Waals surface area contributed by atoms with Crippen molar-refractivity contribution in [3.05, 3.63) is 18.1 Å². The summed E-state index contributed by atoms with van der Waals surface area (Å²) in [6, 6.07) is 1.77. The fraction of sp³-hybridized carbons (Fsp3) is 0.333. The number of hydrogen-bond donors (Lipinski definition) is 1. The summed E-state index contributed by atoms with van der Waals surface area (Å²) in [6.45, 7) is 0. The first kappa shape index (κ1) is 6.55. The molecule has 50 valence electrons. The second-order valence-corrected chi connectivity index (χ2v) is 1.89. The van der Waals surface area contributed by atoms with E-state index in [0.29, 0.717) is 5.75 Å². The highest BCUT2D eigenvalue weighted by Gasteiger charge is 2.01. The Bertz CT molecular complexity index is 164. The molecule has 0 radical (unpaired) electrons. The van der Waals surface area contributed by atoms with Crippen molar-refractivity contribution in [1.82, 2.24) is 0 Å². The Morgan fingerprint density at radius 2 is 2.56 bits per heavy atom. The van der Waals surface area contributed by atoms with Gasteiger partial charge < -0.3 is 9.15 Å². The first-order valence-electron chi connectivity index (χ1n) is 2.59. The van der Waals surface area contributed by atoms with Crippen LogP contribution in [0.25, 0.3) is 0 Å². The van der Waals surface area contributed by atoms with Crippen molar-refractivity contribution in [2.75, 3.05) is 7.11 Å². The van der Waals surface area contributed by atoms with Gasteiger partial charge in [-0.25, -0.2) is 0 Å². The molecule has 0 aliphatic rings. The first-order chi connectivity index (χ1) is 4.38. The van der Waals surface area contributed by atoms with Crippen LogP contribution in [0.3, 0.4) is 0 Å². The number of rotatable bonds is 2. The maximum Gasteiger partial charge on any atom is 0.161 e. The molecule has 2 nitrogen and oxygen atoms in total. The van der Waals surface area contributed by atoms with E-state index in [-0.39, 0.29) is 0 Å². The van der Waals surface area contributed by atoms with Gasteiger partial charge in [-0.1, -0.05) is 0 Å². The largest absolute Gasteiger partial charge is 0.493 e. The normalized spacial score (nSPS) is 9.56. The zero-order chi connectivity index (χ0) is 6.69. The molecule has 1 heterocycles. The molecule has 0 aliphatic heterocycles. The summed E-state index contributed by atoms with van der Waals surface area (Å²) in [5.41, 5.74) is 0. The van der Waals surface area contributed by atoms with Gasteiger partial charge in [0.05, 0.1) is 19.1 Å². The molecule has 0 aliphatic carbocycles. The summed E-state index contributed by atoms with van der Waals surface area (Å²) in [4.78, 5) is 0. The standard InChI is InChI=1S/C6H8O2S/c1-7-5-2-3-8-6(5)4-9/h2-3,9H,4H2,1H3. The Balaban J connectivity index is 2.85. The highest BCUT2D eigenvalue weighted by Crippen LogP contribution is 2.19. The maximum absolute atomic E-state index is 5.00. The number of hydrogen-bond acceptors (Lipinski definition) is 3. The zero-order valence-electron chi connectivity index (χ0n) is 5.13. The van der Waals surface area contributed by atoms with E-state index < -0.39 is 0 Å². The third kappa shape index (κ3) is 1.21. The Labute approximate surface area is 59.2 Å². The summed E-state index contributed by atoms with van der Waals surface area (Å²) >= 11 is 4.03. The maximum atomic E-state index is 5.00. The summed E-state index contributed by atoms with van der Waals surface area (Å²) in [5, 5.41) is 0. The lowest BCUT2D eigenvalue weighted by Gasteiger charge is -1.94. The van der Waals surface area contributed by atoms with E-state index in [9.17, 15) is 0 Å². The van der Waals surface area contributed by atoms with Crippen LogP contribution in [-0.2, 0) is 5.75 Å². The molecule has 9 heavy (non-hydrogen) atoms. The van der Waals surface area contributed by atoms with Gasteiger partial charge in [0.25, 0.3) is 0 Å². The molecule has 0 amide bonds. The number of ether oxygens (including phenoxy) is 1. The topological polar surface area (TPSA) is 22.4 Å². The Hall–Kier alpha value is -0.570. The molecular formula is C6H8O2S. The van der Waals surface area contributed by atoms with Gasteiger partial charge in [0.15, 0.2) is 11.5 Å². The molecule has 0 atom stereocenters. The number of thiol groups is 1. The van der Waals surface area contributed by atoms with E-state index in [1.807, 2.05) is 0 Å². The van der Waals surface area contributed by atoms with E-state index in [2.05, 4.69) is 12.6 Å². The van der Waals surface area contributed by atoms with Crippen molar-refractivity contribution in [3.8, 4) is 5.75 Å². The molecule has 3 heteroatoms. The molecule has 0 bridgehead atoms. The van der Waals surface area contributed by atoms with Gasteiger partial charge in [0.1, 0.15) is 0 Å². The molecule has 0 saturated heterocycles. The molecule has 0 saturated carbocycles. The third-order valence-electron chi connectivity index (χ3n) is 1.07. The molecule has 0 spiro atoms. The lowest BCUT2D eigenvalue weighted by Crippen LogP contribution is -1.82. The van der Waals surface area contributed by atoms with Crippen LogP contribution in [0.15, 0.2) is 16.7 Å². The van der Waals surface area contributed by atoms with Crippen molar-refractivity contribution in [1.29, 1.82) is 0 Å². The summed E-state index contributed by atoms with van der Waals surface area (Å²) in [6.07, 6.45) is 1.59. The molecular weight excluding hydrogens is 136 g/mol. The molecule has 1 aromatic rings. The fourth-order valence-corrected chi connectivity index (χ4v) is 0.856. The molecule has 0 aromatic carbocycles. The van der Waals surface area contributed by atoms with Gasteiger partial charge in [-0.05, 0) is 0 Å². The highest BCUT2D eigenvalue weighted by molar-refractivity contribution is 7.79. The van der Waals surface area contributed by atoms with Crippen LogP contribution in [0.1, 0.15) is 5.76 Å². The predicted molar refractivity (Wildman–Crippen MR) is 38.0 cm³/mol. The van der Waals surface area contributed by atoms with Gasteiger partial charge in [0.2, 0.25) is 0 Å². The monoisotopic (exact) mass is 144 g/mol. The number of methoxy groups -OCH3 is 1.